The first-order chi connectivity index (χ1) is 9.88. The van der Waals surface area contributed by atoms with Crippen LogP contribution in [0.2, 0.25) is 0 Å². The molecule has 1 heterocycles. The van der Waals surface area contributed by atoms with Crippen LogP contribution in [0.1, 0.15) is 58.8 Å². The van der Waals surface area contributed by atoms with Crippen LogP contribution in [0, 0.1) is 5.92 Å². The molecule has 124 valence electrons. The van der Waals surface area contributed by atoms with Crippen LogP contribution < -0.4 is 5.73 Å². The van der Waals surface area contributed by atoms with Crippen molar-refractivity contribution in [2.24, 2.45) is 11.7 Å². The first-order valence-electron chi connectivity index (χ1n) is 8.56. The molecule has 2 fully saturated rings. The molecule has 1 aliphatic heterocycles. The zero-order valence-electron chi connectivity index (χ0n) is 13.7. The van der Waals surface area contributed by atoms with Crippen molar-refractivity contribution in [3.8, 4) is 0 Å². The molecule has 0 aromatic rings. The van der Waals surface area contributed by atoms with Crippen molar-refractivity contribution in [2.75, 3.05) is 24.6 Å². The number of hydrogen-bond donors (Lipinski definition) is 1. The van der Waals surface area contributed by atoms with E-state index in [1.165, 1.54) is 32.1 Å². The highest BCUT2D eigenvalue weighted by Gasteiger charge is 2.43. The first-order valence-corrected chi connectivity index (χ1v) is 10.4. The van der Waals surface area contributed by atoms with E-state index in [0.717, 1.165) is 19.4 Å². The lowest BCUT2D eigenvalue weighted by Gasteiger charge is -2.49. The van der Waals surface area contributed by atoms with Gasteiger partial charge in [-0.25, -0.2) is 8.42 Å². The van der Waals surface area contributed by atoms with Crippen LogP contribution in [0.4, 0.5) is 0 Å². The Labute approximate surface area is 130 Å². The van der Waals surface area contributed by atoms with Gasteiger partial charge in [0, 0.05) is 18.1 Å². The van der Waals surface area contributed by atoms with Gasteiger partial charge in [-0.05, 0) is 44.6 Å². The number of rotatable bonds is 6. The van der Waals surface area contributed by atoms with Crippen LogP contribution in [0.15, 0.2) is 0 Å². The average molecular weight is 317 g/mol. The molecule has 0 aromatic heterocycles. The summed E-state index contributed by atoms with van der Waals surface area (Å²) < 4.78 is 23.6. The molecule has 0 amide bonds. The molecule has 0 bridgehead atoms. The summed E-state index contributed by atoms with van der Waals surface area (Å²) in [5, 5.41) is 0. The smallest absolute Gasteiger partial charge is 0.150 e. The molecule has 0 radical (unpaired) electrons. The van der Waals surface area contributed by atoms with Crippen molar-refractivity contribution in [1.29, 1.82) is 0 Å². The molecule has 2 N–H and O–H groups in total. The number of sulfone groups is 1. The quantitative estimate of drug-likeness (QED) is 0.816. The standard InChI is InChI=1S/C16H32N2O2S/c1-14(2)7-10-18(15-5-3-4-6-15)16(13-17)8-11-21(19,20)12-9-16/h14-15H,3-13,17H2,1-2H3. The van der Waals surface area contributed by atoms with Crippen LogP contribution in [0.5, 0.6) is 0 Å². The van der Waals surface area contributed by atoms with E-state index in [0.29, 0.717) is 30.0 Å². The van der Waals surface area contributed by atoms with Gasteiger partial charge in [-0.2, -0.15) is 0 Å². The largest absolute Gasteiger partial charge is 0.329 e. The molecule has 2 aliphatic rings. The van der Waals surface area contributed by atoms with Gasteiger partial charge in [0.05, 0.1) is 11.5 Å². The minimum absolute atomic E-state index is 0.0742. The Bertz CT molecular complexity index is 414. The minimum Gasteiger partial charge on any atom is -0.329 e. The van der Waals surface area contributed by atoms with Gasteiger partial charge in [-0.1, -0.05) is 26.7 Å². The summed E-state index contributed by atoms with van der Waals surface area (Å²) in [5.41, 5.74) is 6.09. The molecule has 5 heteroatoms. The van der Waals surface area contributed by atoms with Gasteiger partial charge in [0.15, 0.2) is 0 Å². The first kappa shape index (κ1) is 17.2. The fraction of sp³-hybridized carbons (Fsp3) is 1.00. The predicted molar refractivity (Wildman–Crippen MR) is 88.1 cm³/mol. The van der Waals surface area contributed by atoms with E-state index in [2.05, 4.69) is 18.7 Å². The third-order valence-corrected chi connectivity index (χ3v) is 7.11. The monoisotopic (exact) mass is 316 g/mol. The van der Waals surface area contributed by atoms with E-state index < -0.39 is 9.84 Å². The molecule has 1 saturated carbocycles. The molecular weight excluding hydrogens is 284 g/mol. The highest BCUT2D eigenvalue weighted by Crippen LogP contribution is 2.36. The van der Waals surface area contributed by atoms with Gasteiger partial charge in [0.1, 0.15) is 9.84 Å². The van der Waals surface area contributed by atoms with E-state index in [1.54, 1.807) is 0 Å². The highest BCUT2D eigenvalue weighted by atomic mass is 32.2. The molecule has 0 unspecified atom stereocenters. The van der Waals surface area contributed by atoms with Gasteiger partial charge >= 0.3 is 0 Å². The Morgan fingerprint density at radius 3 is 2.24 bits per heavy atom. The summed E-state index contributed by atoms with van der Waals surface area (Å²) in [4.78, 5) is 2.62. The Kier molecular flexibility index (Phi) is 5.71. The summed E-state index contributed by atoms with van der Waals surface area (Å²) in [6, 6.07) is 0.619. The number of hydrogen-bond acceptors (Lipinski definition) is 4. The fourth-order valence-corrected chi connectivity index (χ4v) is 5.53. The topological polar surface area (TPSA) is 63.4 Å². The zero-order valence-corrected chi connectivity index (χ0v) is 14.5. The predicted octanol–water partition coefficient (Wildman–Crippen LogP) is 2.18. The maximum Gasteiger partial charge on any atom is 0.150 e. The second kappa shape index (κ2) is 6.97. The maximum atomic E-state index is 11.8. The van der Waals surface area contributed by atoms with E-state index in [9.17, 15) is 8.42 Å². The second-order valence-corrected chi connectivity index (χ2v) is 9.70. The minimum atomic E-state index is -2.83. The van der Waals surface area contributed by atoms with Crippen molar-refractivity contribution in [2.45, 2.75) is 70.4 Å². The van der Waals surface area contributed by atoms with Crippen LogP contribution >= 0.6 is 0 Å². The molecule has 4 nitrogen and oxygen atoms in total. The molecule has 21 heavy (non-hydrogen) atoms. The maximum absolute atomic E-state index is 11.8. The third-order valence-electron chi connectivity index (χ3n) is 5.46. The van der Waals surface area contributed by atoms with Crippen LogP contribution in [0.3, 0.4) is 0 Å². The van der Waals surface area contributed by atoms with Crippen LogP contribution in [0.25, 0.3) is 0 Å². The lowest BCUT2D eigenvalue weighted by Crippen LogP contribution is -2.60. The van der Waals surface area contributed by atoms with E-state index in [4.69, 9.17) is 5.73 Å². The van der Waals surface area contributed by atoms with Gasteiger partial charge in [0.25, 0.3) is 0 Å². The van der Waals surface area contributed by atoms with Crippen molar-refractivity contribution < 1.29 is 8.42 Å². The molecule has 1 aliphatic carbocycles. The molecule has 0 aromatic carbocycles. The van der Waals surface area contributed by atoms with Crippen LogP contribution in [-0.4, -0.2) is 49.5 Å². The van der Waals surface area contributed by atoms with Crippen molar-refractivity contribution in [1.82, 2.24) is 4.90 Å². The normalized spacial score (nSPS) is 25.8. The van der Waals surface area contributed by atoms with Gasteiger partial charge in [0.2, 0.25) is 0 Å². The summed E-state index contributed by atoms with van der Waals surface area (Å²) >= 11 is 0. The number of nitrogens with two attached hydrogens (primary N) is 1. The van der Waals surface area contributed by atoms with Crippen molar-refractivity contribution in [3.05, 3.63) is 0 Å². The second-order valence-electron chi connectivity index (χ2n) is 7.39. The van der Waals surface area contributed by atoms with E-state index >= 15 is 0 Å². The summed E-state index contributed by atoms with van der Waals surface area (Å²) in [7, 11) is -2.83. The van der Waals surface area contributed by atoms with E-state index in [-0.39, 0.29) is 5.54 Å². The van der Waals surface area contributed by atoms with Gasteiger partial charge < -0.3 is 5.73 Å². The average Bonchev–Trinajstić information content (AvgIpc) is 2.94. The Hall–Kier alpha value is -0.130. The number of nitrogens with zero attached hydrogens (tertiary/aromatic N) is 1. The zero-order chi connectivity index (χ0) is 15.5. The lowest BCUT2D eigenvalue weighted by atomic mass is 9.87. The Morgan fingerprint density at radius 1 is 1.19 bits per heavy atom. The molecular formula is C16H32N2O2S. The summed E-state index contributed by atoms with van der Waals surface area (Å²) in [5.74, 6) is 1.31. The van der Waals surface area contributed by atoms with Crippen LogP contribution in [-0.2, 0) is 9.84 Å². The molecule has 0 atom stereocenters. The molecule has 2 rings (SSSR count). The third kappa shape index (κ3) is 4.20. The van der Waals surface area contributed by atoms with Crippen molar-refractivity contribution in [3.63, 3.8) is 0 Å². The highest BCUT2D eigenvalue weighted by molar-refractivity contribution is 7.91. The Morgan fingerprint density at radius 2 is 1.76 bits per heavy atom. The molecule has 0 spiro atoms. The summed E-state index contributed by atoms with van der Waals surface area (Å²) in [6.45, 7) is 6.18. The fourth-order valence-electron chi connectivity index (χ4n) is 3.95. The lowest BCUT2D eigenvalue weighted by molar-refractivity contribution is 0.0363. The SMILES string of the molecule is CC(C)CCN(C1CCCC1)C1(CN)CCS(=O)(=O)CC1. The van der Waals surface area contributed by atoms with Crippen molar-refractivity contribution >= 4 is 9.84 Å². The molecule has 1 saturated heterocycles. The van der Waals surface area contributed by atoms with Gasteiger partial charge in [-0.15, -0.1) is 0 Å². The summed E-state index contributed by atoms with van der Waals surface area (Å²) in [6.07, 6.45) is 7.74. The van der Waals surface area contributed by atoms with Gasteiger partial charge in [-0.3, -0.25) is 4.90 Å². The Balaban J connectivity index is 2.15. The van der Waals surface area contributed by atoms with E-state index in [1.807, 2.05) is 0 Å².